The summed E-state index contributed by atoms with van der Waals surface area (Å²) in [5, 5.41) is 0. The second-order valence-corrected chi connectivity index (χ2v) is 10.6. The molecule has 4 nitrogen and oxygen atoms in total. The van der Waals surface area contributed by atoms with Crippen LogP contribution in [-0.4, -0.2) is 53.3 Å². The number of aryl methyl sites for hydroxylation is 1. The van der Waals surface area contributed by atoms with Crippen LogP contribution in [0.4, 0.5) is 11.4 Å². The summed E-state index contributed by atoms with van der Waals surface area (Å²) in [5.74, 6) is 0. The van der Waals surface area contributed by atoms with Crippen molar-refractivity contribution in [1.82, 2.24) is 9.80 Å². The number of nitrogens with zero attached hydrogens (tertiary/aromatic N) is 3. The Morgan fingerprint density at radius 1 is 0.758 bits per heavy atom. The molecule has 1 fully saturated rings. The summed E-state index contributed by atoms with van der Waals surface area (Å²) < 4.78 is 13.3. The lowest BCUT2D eigenvalue weighted by Gasteiger charge is -2.37. The van der Waals surface area contributed by atoms with Gasteiger partial charge in [0.2, 0.25) is 0 Å². The number of fused-ring (bicyclic) bond motifs is 2. The third kappa shape index (κ3) is 4.63. The highest BCUT2D eigenvalue weighted by Crippen LogP contribution is 2.44. The molecule has 2 aliphatic heterocycles. The van der Waals surface area contributed by atoms with Crippen molar-refractivity contribution in [2.75, 3.05) is 44.2 Å². The molecule has 1 unspecified atom stereocenters. The van der Waals surface area contributed by atoms with Gasteiger partial charge in [0.15, 0.2) is 0 Å². The Morgan fingerprint density at radius 2 is 1.45 bits per heavy atom. The topological polar surface area (TPSA) is 26.8 Å². The Bertz CT molecular complexity index is 1140. The number of hydrogen-bond acceptors (Lipinski definition) is 4. The van der Waals surface area contributed by atoms with E-state index in [1.807, 2.05) is 12.1 Å². The molecular weight excluding hydrogens is 426 g/mol. The summed E-state index contributed by atoms with van der Waals surface area (Å²) in [6.45, 7) is 11.9. The van der Waals surface area contributed by atoms with Crippen LogP contribution in [0.1, 0.15) is 23.1 Å². The highest BCUT2D eigenvalue weighted by atomic mass is 32.2. The van der Waals surface area contributed by atoms with E-state index in [0.717, 1.165) is 73.4 Å². The second kappa shape index (κ2) is 9.80. The number of benzene rings is 3. The van der Waals surface area contributed by atoms with Crippen LogP contribution >= 0.6 is 0 Å². The van der Waals surface area contributed by atoms with Gasteiger partial charge < -0.3 is 9.80 Å². The van der Waals surface area contributed by atoms with Crippen molar-refractivity contribution in [3.05, 3.63) is 83.4 Å². The molecule has 2 heterocycles. The van der Waals surface area contributed by atoms with Gasteiger partial charge in [-0.15, -0.1) is 0 Å². The standard InChI is InChI=1S/C28H33N3OS/c1-22-13-14-27-28(23(22)2)31(25-11-6-7-12-26(25)33(27)32)16-8-15-29-17-19-30(20-18-29)21-24-9-4-3-5-10-24/h3-7,9-14H,8,15-21H2,1-2H3. The Balaban J connectivity index is 1.23. The lowest BCUT2D eigenvalue weighted by molar-refractivity contribution is 0.126. The van der Waals surface area contributed by atoms with Crippen LogP contribution in [0.2, 0.25) is 0 Å². The molecule has 2 aliphatic rings. The predicted molar refractivity (Wildman–Crippen MR) is 137 cm³/mol. The normalized spacial score (nSPS) is 18.7. The van der Waals surface area contributed by atoms with E-state index < -0.39 is 10.8 Å². The van der Waals surface area contributed by atoms with Crippen LogP contribution in [0.25, 0.3) is 0 Å². The van der Waals surface area contributed by atoms with Crippen molar-refractivity contribution in [3.8, 4) is 0 Å². The Morgan fingerprint density at radius 3 is 2.24 bits per heavy atom. The van der Waals surface area contributed by atoms with Crippen molar-refractivity contribution >= 4 is 22.2 Å². The SMILES string of the molecule is Cc1ccc2c(c1C)N(CCCN1CCN(Cc3ccccc3)CC1)c1ccccc1S2=O. The predicted octanol–water partition coefficient (Wildman–Crippen LogP) is 5.13. The molecule has 0 amide bonds. The molecule has 172 valence electrons. The number of piperazine rings is 1. The van der Waals surface area contributed by atoms with Crippen LogP contribution in [0, 0.1) is 13.8 Å². The molecule has 5 rings (SSSR count). The Labute approximate surface area is 200 Å². The van der Waals surface area contributed by atoms with Crippen molar-refractivity contribution < 1.29 is 4.21 Å². The molecule has 0 aliphatic carbocycles. The van der Waals surface area contributed by atoms with E-state index in [4.69, 9.17) is 0 Å². The number of para-hydroxylation sites is 1. The molecule has 33 heavy (non-hydrogen) atoms. The Hall–Kier alpha value is -2.47. The monoisotopic (exact) mass is 459 g/mol. The molecule has 3 aromatic rings. The summed E-state index contributed by atoms with van der Waals surface area (Å²) in [6, 6.07) is 23.1. The lowest BCUT2D eigenvalue weighted by Crippen LogP contribution is -2.46. The van der Waals surface area contributed by atoms with Gasteiger partial charge in [-0.05, 0) is 61.7 Å². The van der Waals surface area contributed by atoms with Gasteiger partial charge in [-0.3, -0.25) is 4.90 Å². The van der Waals surface area contributed by atoms with Gasteiger partial charge in [0, 0.05) is 39.3 Å². The first-order valence-corrected chi connectivity index (χ1v) is 13.1. The maximum Gasteiger partial charge on any atom is 0.0892 e. The molecule has 0 aromatic heterocycles. The number of hydrogen-bond donors (Lipinski definition) is 0. The number of anilines is 2. The van der Waals surface area contributed by atoms with Gasteiger partial charge in [0.1, 0.15) is 0 Å². The molecule has 0 saturated carbocycles. The highest BCUT2D eigenvalue weighted by molar-refractivity contribution is 7.85. The zero-order valence-electron chi connectivity index (χ0n) is 19.7. The van der Waals surface area contributed by atoms with Gasteiger partial charge >= 0.3 is 0 Å². The van der Waals surface area contributed by atoms with Crippen LogP contribution in [0.15, 0.2) is 76.5 Å². The zero-order chi connectivity index (χ0) is 22.8. The van der Waals surface area contributed by atoms with Gasteiger partial charge in [-0.1, -0.05) is 48.5 Å². The Kier molecular flexibility index (Phi) is 6.63. The first-order valence-electron chi connectivity index (χ1n) is 12.0. The molecular formula is C28H33N3OS. The lowest BCUT2D eigenvalue weighted by atomic mass is 10.1. The third-order valence-electron chi connectivity index (χ3n) is 7.06. The minimum Gasteiger partial charge on any atom is -0.339 e. The molecule has 0 bridgehead atoms. The van der Waals surface area contributed by atoms with Gasteiger partial charge in [-0.2, -0.15) is 0 Å². The van der Waals surface area contributed by atoms with Gasteiger partial charge in [0.25, 0.3) is 0 Å². The fourth-order valence-corrected chi connectivity index (χ4v) is 6.47. The fraction of sp³-hybridized carbons (Fsp3) is 0.357. The summed E-state index contributed by atoms with van der Waals surface area (Å²) in [4.78, 5) is 9.46. The van der Waals surface area contributed by atoms with E-state index in [9.17, 15) is 4.21 Å². The van der Waals surface area contributed by atoms with E-state index in [1.54, 1.807) is 0 Å². The molecule has 0 N–H and O–H groups in total. The van der Waals surface area contributed by atoms with Crippen molar-refractivity contribution in [2.24, 2.45) is 0 Å². The third-order valence-corrected chi connectivity index (χ3v) is 8.53. The van der Waals surface area contributed by atoms with Crippen LogP contribution in [0.3, 0.4) is 0 Å². The van der Waals surface area contributed by atoms with Gasteiger partial charge in [0.05, 0.1) is 32.0 Å². The van der Waals surface area contributed by atoms with E-state index in [2.05, 4.69) is 83.1 Å². The summed E-state index contributed by atoms with van der Waals surface area (Å²) >= 11 is 0. The van der Waals surface area contributed by atoms with Crippen LogP contribution in [0.5, 0.6) is 0 Å². The summed E-state index contributed by atoms with van der Waals surface area (Å²) in [7, 11) is -1.12. The second-order valence-electron chi connectivity index (χ2n) is 9.20. The van der Waals surface area contributed by atoms with Crippen LogP contribution < -0.4 is 4.90 Å². The minimum absolute atomic E-state index is 0.933. The minimum atomic E-state index is -1.12. The molecule has 1 atom stereocenters. The van der Waals surface area contributed by atoms with Crippen molar-refractivity contribution in [2.45, 2.75) is 36.6 Å². The van der Waals surface area contributed by atoms with E-state index in [-0.39, 0.29) is 0 Å². The fourth-order valence-electron chi connectivity index (χ4n) is 5.03. The molecule has 1 saturated heterocycles. The smallest absolute Gasteiger partial charge is 0.0892 e. The average molecular weight is 460 g/mol. The summed E-state index contributed by atoms with van der Waals surface area (Å²) in [5.41, 5.74) is 6.15. The number of rotatable bonds is 6. The molecule has 5 heteroatoms. The maximum absolute atomic E-state index is 13.3. The van der Waals surface area contributed by atoms with Crippen molar-refractivity contribution in [3.63, 3.8) is 0 Å². The molecule has 0 radical (unpaired) electrons. The van der Waals surface area contributed by atoms with Crippen LogP contribution in [-0.2, 0) is 17.3 Å². The maximum atomic E-state index is 13.3. The summed E-state index contributed by atoms with van der Waals surface area (Å²) in [6.07, 6.45) is 1.09. The molecule has 0 spiro atoms. The highest BCUT2D eigenvalue weighted by Gasteiger charge is 2.29. The van der Waals surface area contributed by atoms with E-state index in [1.165, 1.54) is 16.7 Å². The van der Waals surface area contributed by atoms with Crippen molar-refractivity contribution in [1.29, 1.82) is 0 Å². The van der Waals surface area contributed by atoms with E-state index >= 15 is 0 Å². The van der Waals surface area contributed by atoms with E-state index in [0.29, 0.717) is 0 Å². The van der Waals surface area contributed by atoms with Gasteiger partial charge in [-0.25, -0.2) is 4.21 Å². The average Bonchev–Trinajstić information content (AvgIpc) is 2.85. The quantitative estimate of drug-likeness (QED) is 0.511. The first-order chi connectivity index (χ1) is 16.1. The largest absolute Gasteiger partial charge is 0.339 e. The molecule has 3 aromatic carbocycles. The zero-order valence-corrected chi connectivity index (χ0v) is 20.5. The first kappa shape index (κ1) is 22.3.